The van der Waals surface area contributed by atoms with Crippen LogP contribution in [0.1, 0.15) is 54.0 Å². The van der Waals surface area contributed by atoms with Crippen molar-refractivity contribution in [3.8, 4) is 23.1 Å². The van der Waals surface area contributed by atoms with Gasteiger partial charge in [-0.1, -0.05) is 31.2 Å². The molecule has 2 aromatic heterocycles. The van der Waals surface area contributed by atoms with Crippen molar-refractivity contribution in [2.24, 2.45) is 0 Å². The van der Waals surface area contributed by atoms with E-state index >= 15 is 0 Å². The highest BCUT2D eigenvalue weighted by Crippen LogP contribution is 2.17. The molecule has 0 aliphatic rings. The number of nitrogens with one attached hydrogen (secondary N) is 2. The summed E-state index contributed by atoms with van der Waals surface area (Å²) in [6, 6.07) is 15.5. The van der Waals surface area contributed by atoms with Gasteiger partial charge in [-0.05, 0) is 68.9 Å². The first-order chi connectivity index (χ1) is 17.1. The van der Waals surface area contributed by atoms with E-state index in [0.29, 0.717) is 24.5 Å². The van der Waals surface area contributed by atoms with Crippen LogP contribution in [0, 0.1) is 0 Å². The Morgan fingerprint density at radius 3 is 1.97 bits per heavy atom. The van der Waals surface area contributed by atoms with E-state index in [0.717, 1.165) is 60.9 Å². The number of Topliss-reactive ketones (excluding diaryl/α,β-unsaturated/α-hetero) is 1. The third-order valence-corrected chi connectivity index (χ3v) is 5.75. The number of aromatic nitrogens is 4. The van der Waals surface area contributed by atoms with Crippen LogP contribution in [0.4, 0.5) is 0 Å². The number of H-pyrrole nitrogens is 2. The standard InChI is InChI=1S/C28H32N4O3/c1-3-21-8-4-12-25(16-21)34-14-6-10-23-18-29-27(31-23)28-30-19-24(32-28)11-7-15-35-26-13-5-9-22(17-26)20(2)33/h4-5,8-9,12-13,16-19H,3,6-7,10-11,14-15H2,1-2H3,(H,29,31)(H,30,32). The van der Waals surface area contributed by atoms with Gasteiger partial charge in [-0.2, -0.15) is 0 Å². The Labute approximate surface area is 205 Å². The molecule has 182 valence electrons. The molecule has 2 heterocycles. The third-order valence-electron chi connectivity index (χ3n) is 5.75. The minimum atomic E-state index is 0.0348. The van der Waals surface area contributed by atoms with Crippen LogP contribution in [-0.2, 0) is 19.3 Å². The highest BCUT2D eigenvalue weighted by molar-refractivity contribution is 5.94. The molecule has 2 N–H and O–H groups in total. The number of aryl methyl sites for hydroxylation is 3. The van der Waals surface area contributed by atoms with Crippen LogP contribution < -0.4 is 9.47 Å². The molecule has 0 saturated carbocycles. The topological polar surface area (TPSA) is 92.9 Å². The Hall–Kier alpha value is -3.87. The second kappa shape index (κ2) is 12.0. The largest absolute Gasteiger partial charge is 0.494 e. The van der Waals surface area contributed by atoms with Gasteiger partial charge < -0.3 is 19.4 Å². The van der Waals surface area contributed by atoms with Crippen molar-refractivity contribution in [3.05, 3.63) is 83.4 Å². The quantitative estimate of drug-likeness (QED) is 0.195. The van der Waals surface area contributed by atoms with E-state index < -0.39 is 0 Å². The Balaban J connectivity index is 1.19. The molecule has 4 aromatic rings. The maximum absolute atomic E-state index is 11.5. The third kappa shape index (κ3) is 7.06. The van der Waals surface area contributed by atoms with Crippen LogP contribution in [0.25, 0.3) is 11.6 Å². The van der Waals surface area contributed by atoms with E-state index in [1.165, 1.54) is 5.56 Å². The summed E-state index contributed by atoms with van der Waals surface area (Å²) >= 11 is 0. The summed E-state index contributed by atoms with van der Waals surface area (Å²) in [4.78, 5) is 27.1. The predicted octanol–water partition coefficient (Wildman–Crippen LogP) is 5.59. The lowest BCUT2D eigenvalue weighted by molar-refractivity contribution is 0.101. The summed E-state index contributed by atoms with van der Waals surface area (Å²) in [5.74, 6) is 3.14. The van der Waals surface area contributed by atoms with Crippen molar-refractivity contribution in [1.82, 2.24) is 19.9 Å². The van der Waals surface area contributed by atoms with Crippen LogP contribution in [0.3, 0.4) is 0 Å². The summed E-state index contributed by atoms with van der Waals surface area (Å²) < 4.78 is 11.7. The predicted molar refractivity (Wildman–Crippen MR) is 136 cm³/mol. The molecule has 0 spiro atoms. The molecule has 0 aliphatic heterocycles. The molecule has 2 aromatic carbocycles. The van der Waals surface area contributed by atoms with Crippen molar-refractivity contribution in [2.75, 3.05) is 13.2 Å². The molecule has 0 atom stereocenters. The minimum Gasteiger partial charge on any atom is -0.494 e. The highest BCUT2D eigenvalue weighted by Gasteiger charge is 2.09. The van der Waals surface area contributed by atoms with Crippen molar-refractivity contribution in [3.63, 3.8) is 0 Å². The van der Waals surface area contributed by atoms with Gasteiger partial charge in [0.25, 0.3) is 0 Å². The lowest BCUT2D eigenvalue weighted by Gasteiger charge is -2.07. The van der Waals surface area contributed by atoms with Crippen LogP contribution in [0.5, 0.6) is 11.5 Å². The fraction of sp³-hybridized carbons (Fsp3) is 0.321. The van der Waals surface area contributed by atoms with Gasteiger partial charge in [0.2, 0.25) is 0 Å². The second-order valence-electron chi connectivity index (χ2n) is 8.50. The van der Waals surface area contributed by atoms with Crippen molar-refractivity contribution >= 4 is 5.78 Å². The summed E-state index contributed by atoms with van der Waals surface area (Å²) in [5.41, 5.74) is 4.03. The first kappa shape index (κ1) is 24.3. The summed E-state index contributed by atoms with van der Waals surface area (Å²) in [6.45, 7) is 4.92. The number of rotatable bonds is 13. The van der Waals surface area contributed by atoms with Gasteiger partial charge in [-0.15, -0.1) is 0 Å². The van der Waals surface area contributed by atoms with E-state index in [4.69, 9.17) is 9.47 Å². The van der Waals surface area contributed by atoms with E-state index in [1.54, 1.807) is 19.1 Å². The number of carbonyl (C=O) groups is 1. The molecule has 0 unspecified atom stereocenters. The van der Waals surface area contributed by atoms with E-state index in [2.05, 4.69) is 39.0 Å². The number of ether oxygens (including phenoxy) is 2. The van der Waals surface area contributed by atoms with Gasteiger partial charge >= 0.3 is 0 Å². The highest BCUT2D eigenvalue weighted by atomic mass is 16.5. The maximum Gasteiger partial charge on any atom is 0.173 e. The van der Waals surface area contributed by atoms with Crippen molar-refractivity contribution < 1.29 is 14.3 Å². The van der Waals surface area contributed by atoms with E-state index in [9.17, 15) is 4.79 Å². The Morgan fingerprint density at radius 2 is 1.40 bits per heavy atom. The number of hydrogen-bond donors (Lipinski definition) is 2. The molecule has 4 rings (SSSR count). The monoisotopic (exact) mass is 472 g/mol. The first-order valence-electron chi connectivity index (χ1n) is 12.1. The molecular weight excluding hydrogens is 440 g/mol. The average molecular weight is 473 g/mol. The molecule has 7 heteroatoms. The van der Waals surface area contributed by atoms with Gasteiger partial charge in [-0.3, -0.25) is 4.79 Å². The number of aromatic amines is 2. The zero-order valence-electron chi connectivity index (χ0n) is 20.3. The number of hydrogen-bond acceptors (Lipinski definition) is 5. The molecule has 0 bridgehead atoms. The van der Waals surface area contributed by atoms with Crippen LogP contribution >= 0.6 is 0 Å². The normalized spacial score (nSPS) is 10.9. The first-order valence-corrected chi connectivity index (χ1v) is 12.1. The SMILES string of the molecule is CCc1cccc(OCCCc2cnc(-c3ncc(CCCOc4cccc(C(C)=O)c4)[nH]3)[nH]2)c1. The van der Waals surface area contributed by atoms with Crippen molar-refractivity contribution in [1.29, 1.82) is 0 Å². The molecule has 0 radical (unpaired) electrons. The molecule has 0 amide bonds. The Bertz CT molecular complexity index is 1240. The molecule has 0 saturated heterocycles. The number of imidazole rings is 2. The number of benzene rings is 2. The lowest BCUT2D eigenvalue weighted by atomic mass is 10.1. The van der Waals surface area contributed by atoms with Crippen molar-refractivity contribution in [2.45, 2.75) is 46.0 Å². The molecule has 0 fully saturated rings. The van der Waals surface area contributed by atoms with Gasteiger partial charge in [0.05, 0.1) is 13.2 Å². The number of nitrogens with zero attached hydrogens (tertiary/aromatic N) is 2. The van der Waals surface area contributed by atoms with Gasteiger partial charge in [-0.25, -0.2) is 9.97 Å². The fourth-order valence-electron chi connectivity index (χ4n) is 3.78. The summed E-state index contributed by atoms with van der Waals surface area (Å²) in [7, 11) is 0. The number of ketones is 1. The maximum atomic E-state index is 11.5. The van der Waals surface area contributed by atoms with E-state index in [1.807, 2.05) is 36.7 Å². The summed E-state index contributed by atoms with van der Waals surface area (Å²) in [6.07, 6.45) is 8.10. The zero-order chi connectivity index (χ0) is 24.5. The van der Waals surface area contributed by atoms with Crippen LogP contribution in [0.15, 0.2) is 60.9 Å². The van der Waals surface area contributed by atoms with Gasteiger partial charge in [0, 0.05) is 29.3 Å². The molecular formula is C28H32N4O3. The Morgan fingerprint density at radius 1 is 0.829 bits per heavy atom. The Kier molecular flexibility index (Phi) is 8.33. The molecule has 35 heavy (non-hydrogen) atoms. The van der Waals surface area contributed by atoms with Crippen LogP contribution in [0.2, 0.25) is 0 Å². The smallest absolute Gasteiger partial charge is 0.173 e. The average Bonchev–Trinajstić information content (AvgIpc) is 3.54. The van der Waals surface area contributed by atoms with Gasteiger partial charge in [0.1, 0.15) is 11.5 Å². The zero-order valence-corrected chi connectivity index (χ0v) is 20.3. The molecule has 0 aliphatic carbocycles. The van der Waals surface area contributed by atoms with Gasteiger partial charge in [0.15, 0.2) is 17.4 Å². The number of carbonyl (C=O) groups excluding carboxylic acids is 1. The second-order valence-corrected chi connectivity index (χ2v) is 8.50. The fourth-order valence-corrected chi connectivity index (χ4v) is 3.78. The summed E-state index contributed by atoms with van der Waals surface area (Å²) in [5, 5.41) is 0. The lowest BCUT2D eigenvalue weighted by Crippen LogP contribution is -2.01. The molecule has 7 nitrogen and oxygen atoms in total. The van der Waals surface area contributed by atoms with E-state index in [-0.39, 0.29) is 5.78 Å². The minimum absolute atomic E-state index is 0.0348. The van der Waals surface area contributed by atoms with Crippen LogP contribution in [-0.4, -0.2) is 38.9 Å².